The molecule has 0 aliphatic heterocycles. The predicted molar refractivity (Wildman–Crippen MR) is 101 cm³/mol. The molecule has 0 aromatic carbocycles. The van der Waals surface area contributed by atoms with Gasteiger partial charge in [-0.2, -0.15) is 0 Å². The summed E-state index contributed by atoms with van der Waals surface area (Å²) in [6.45, 7) is 1.53. The summed E-state index contributed by atoms with van der Waals surface area (Å²) >= 11 is 22.1. The number of halogens is 4. The fraction of sp³-hybridized carbons (Fsp3) is 0.588. The Bertz CT molecular complexity index is 490. The van der Waals surface area contributed by atoms with Gasteiger partial charge in [-0.3, -0.25) is 4.79 Å². The lowest BCUT2D eigenvalue weighted by Gasteiger charge is -2.16. The van der Waals surface area contributed by atoms with Crippen molar-refractivity contribution in [3.05, 3.63) is 10.6 Å². The summed E-state index contributed by atoms with van der Waals surface area (Å²) < 4.78 is 0.157. The molecule has 0 aliphatic rings. The van der Waals surface area contributed by atoms with Gasteiger partial charge < -0.3 is 5.32 Å². The Balaban J connectivity index is 4.05. The molecule has 0 radical (unpaired) electrons. The summed E-state index contributed by atoms with van der Waals surface area (Å²) in [5.41, 5.74) is 0. The highest BCUT2D eigenvalue weighted by Crippen LogP contribution is 2.09. The Morgan fingerprint density at radius 1 is 1.09 bits per heavy atom. The first kappa shape index (κ1) is 22.5. The van der Waals surface area contributed by atoms with Gasteiger partial charge in [0.1, 0.15) is 9.33 Å². The maximum Gasteiger partial charge on any atom is 0.217 e. The maximum atomic E-state index is 11.2. The zero-order valence-electron chi connectivity index (χ0n) is 13.1. The van der Waals surface area contributed by atoms with Crippen LogP contribution in [0.25, 0.3) is 0 Å². The predicted octanol–water partition coefficient (Wildman–Crippen LogP) is 5.35. The van der Waals surface area contributed by atoms with Crippen molar-refractivity contribution < 1.29 is 4.79 Å². The molecule has 0 aromatic heterocycles. The van der Waals surface area contributed by atoms with Gasteiger partial charge in [-0.05, 0) is 25.7 Å². The molecular formula is C17H21Cl4NO. The number of carbonyl (C=O) groups is 1. The van der Waals surface area contributed by atoms with E-state index in [0.29, 0.717) is 6.42 Å². The monoisotopic (exact) mass is 395 g/mol. The lowest BCUT2D eigenvalue weighted by Crippen LogP contribution is -2.32. The Morgan fingerprint density at radius 2 is 1.70 bits per heavy atom. The van der Waals surface area contributed by atoms with Crippen molar-refractivity contribution in [2.45, 2.75) is 62.7 Å². The number of hydrogen-bond acceptors (Lipinski definition) is 1. The lowest BCUT2D eigenvalue weighted by molar-refractivity contribution is -0.119. The third kappa shape index (κ3) is 17.7. The molecule has 0 heterocycles. The Hall–Kier alpha value is -0.510. The van der Waals surface area contributed by atoms with E-state index in [1.54, 1.807) is 0 Å². The number of allylic oxidation sites excluding steroid dienone is 1. The molecule has 0 rings (SSSR count). The highest BCUT2D eigenvalue weighted by atomic mass is 35.5. The number of rotatable bonds is 8. The fourth-order valence-corrected chi connectivity index (χ4v) is 2.13. The SMILES string of the molecule is CC(=O)NC(CCCC#CC=C(Cl)Cl)CCCC#CCC(Cl)Cl. The minimum absolute atomic E-state index is 0.0175. The van der Waals surface area contributed by atoms with Gasteiger partial charge in [0.2, 0.25) is 5.91 Å². The van der Waals surface area contributed by atoms with Crippen LogP contribution in [0.2, 0.25) is 0 Å². The van der Waals surface area contributed by atoms with Crippen molar-refractivity contribution in [3.8, 4) is 23.7 Å². The van der Waals surface area contributed by atoms with Gasteiger partial charge in [0, 0.05) is 38.3 Å². The van der Waals surface area contributed by atoms with E-state index < -0.39 is 4.84 Å². The smallest absolute Gasteiger partial charge is 0.217 e. The number of nitrogens with one attached hydrogen (secondary N) is 1. The second-order valence-electron chi connectivity index (χ2n) is 4.89. The highest BCUT2D eigenvalue weighted by Gasteiger charge is 2.08. The van der Waals surface area contributed by atoms with Crippen LogP contribution in [0.4, 0.5) is 0 Å². The van der Waals surface area contributed by atoms with Crippen LogP contribution < -0.4 is 5.32 Å². The van der Waals surface area contributed by atoms with Gasteiger partial charge in [-0.25, -0.2) is 0 Å². The maximum absolute atomic E-state index is 11.2. The molecular weight excluding hydrogens is 376 g/mol. The fourth-order valence-electron chi connectivity index (χ4n) is 1.87. The second kappa shape index (κ2) is 15.0. The molecule has 0 aliphatic carbocycles. The van der Waals surface area contributed by atoms with Crippen LogP contribution >= 0.6 is 46.4 Å². The largest absolute Gasteiger partial charge is 0.354 e. The summed E-state index contributed by atoms with van der Waals surface area (Å²) in [7, 11) is 0. The zero-order chi connectivity index (χ0) is 17.5. The molecule has 0 spiro atoms. The average Bonchev–Trinajstić information content (AvgIpc) is 2.44. The van der Waals surface area contributed by atoms with E-state index in [4.69, 9.17) is 46.4 Å². The van der Waals surface area contributed by atoms with Gasteiger partial charge in [0.15, 0.2) is 0 Å². The Morgan fingerprint density at radius 3 is 2.22 bits per heavy atom. The summed E-state index contributed by atoms with van der Waals surface area (Å²) in [5, 5.41) is 2.97. The lowest BCUT2D eigenvalue weighted by atomic mass is 10.0. The van der Waals surface area contributed by atoms with Gasteiger partial charge in [-0.15, -0.1) is 35.0 Å². The van der Waals surface area contributed by atoms with Crippen molar-refractivity contribution in [1.82, 2.24) is 5.32 Å². The van der Waals surface area contributed by atoms with Crippen LogP contribution in [0.1, 0.15) is 51.9 Å². The molecule has 0 aromatic rings. The minimum Gasteiger partial charge on any atom is -0.354 e. The Kier molecular flexibility index (Phi) is 14.7. The summed E-state index contributed by atoms with van der Waals surface area (Å²) in [6, 6.07) is 0.150. The van der Waals surface area contributed by atoms with Gasteiger partial charge in [-0.1, -0.05) is 35.0 Å². The molecule has 128 valence electrons. The number of unbranched alkanes of at least 4 members (excludes halogenated alkanes) is 2. The van der Waals surface area contributed by atoms with Gasteiger partial charge in [0.05, 0.1) is 0 Å². The minimum atomic E-state index is -0.431. The number of alkyl halides is 2. The van der Waals surface area contributed by atoms with Crippen LogP contribution in [0, 0.1) is 23.7 Å². The molecule has 2 nitrogen and oxygen atoms in total. The highest BCUT2D eigenvalue weighted by molar-refractivity contribution is 6.56. The molecule has 0 fully saturated rings. The van der Waals surface area contributed by atoms with Crippen LogP contribution in [-0.2, 0) is 4.79 Å². The molecule has 0 saturated carbocycles. The van der Waals surface area contributed by atoms with Crippen molar-refractivity contribution in [2.24, 2.45) is 0 Å². The van der Waals surface area contributed by atoms with E-state index in [9.17, 15) is 4.79 Å². The molecule has 1 unspecified atom stereocenters. The van der Waals surface area contributed by atoms with Crippen molar-refractivity contribution in [3.63, 3.8) is 0 Å². The third-order valence-electron chi connectivity index (χ3n) is 2.78. The number of amides is 1. The molecule has 0 saturated heterocycles. The van der Waals surface area contributed by atoms with Crippen LogP contribution in [-0.4, -0.2) is 16.8 Å². The summed E-state index contributed by atoms with van der Waals surface area (Å²) in [4.78, 5) is 10.8. The standard InChI is InChI=1S/C17H21Cl4NO/c1-14(23)22-15(10-6-2-4-8-12-16(18)19)11-7-3-5-9-13-17(20)21/h12,15,17H,2-3,6-7,10-11,13H2,1H3,(H,22,23). The molecule has 1 atom stereocenters. The molecule has 0 bridgehead atoms. The van der Waals surface area contributed by atoms with Crippen LogP contribution in [0.5, 0.6) is 0 Å². The van der Waals surface area contributed by atoms with E-state index in [1.807, 2.05) is 0 Å². The topological polar surface area (TPSA) is 29.1 Å². The third-order valence-corrected chi connectivity index (χ3v) is 3.31. The van der Waals surface area contributed by atoms with E-state index in [-0.39, 0.29) is 16.4 Å². The quantitative estimate of drug-likeness (QED) is 0.334. The summed E-state index contributed by atoms with van der Waals surface area (Å²) in [6.07, 6.45) is 7.04. The summed E-state index contributed by atoms with van der Waals surface area (Å²) in [5.74, 6) is 11.7. The van der Waals surface area contributed by atoms with Gasteiger partial charge >= 0.3 is 0 Å². The normalized spacial score (nSPS) is 10.9. The van der Waals surface area contributed by atoms with E-state index >= 15 is 0 Å². The van der Waals surface area contributed by atoms with Crippen LogP contribution in [0.15, 0.2) is 10.6 Å². The molecule has 6 heteroatoms. The first-order valence-corrected chi connectivity index (χ1v) is 9.05. The van der Waals surface area contributed by atoms with E-state index in [2.05, 4.69) is 29.0 Å². The number of carbonyl (C=O) groups excluding carboxylic acids is 1. The zero-order valence-corrected chi connectivity index (χ0v) is 16.1. The van der Waals surface area contributed by atoms with Crippen molar-refractivity contribution in [2.75, 3.05) is 0 Å². The average molecular weight is 397 g/mol. The van der Waals surface area contributed by atoms with E-state index in [1.165, 1.54) is 13.0 Å². The molecule has 23 heavy (non-hydrogen) atoms. The Labute approximate surface area is 159 Å². The first-order chi connectivity index (χ1) is 10.9. The van der Waals surface area contributed by atoms with Crippen molar-refractivity contribution >= 4 is 52.3 Å². The van der Waals surface area contributed by atoms with E-state index in [0.717, 1.165) is 38.5 Å². The van der Waals surface area contributed by atoms with Gasteiger partial charge in [0.25, 0.3) is 0 Å². The van der Waals surface area contributed by atoms with Crippen LogP contribution in [0.3, 0.4) is 0 Å². The van der Waals surface area contributed by atoms with Crippen molar-refractivity contribution in [1.29, 1.82) is 0 Å². The number of hydrogen-bond donors (Lipinski definition) is 1. The molecule has 1 amide bonds. The molecule has 1 N–H and O–H groups in total. The first-order valence-electron chi connectivity index (χ1n) is 7.42. The second-order valence-corrected chi connectivity index (χ2v) is 7.17.